The molecule has 1 rings (SSSR count). The molecule has 84 valence electrons. The second-order valence-corrected chi connectivity index (χ2v) is 4.32. The zero-order chi connectivity index (χ0) is 11.9. The van der Waals surface area contributed by atoms with Gasteiger partial charge in [-0.15, -0.1) is 0 Å². The number of hydrogen-bond acceptors (Lipinski definition) is 1. The van der Waals surface area contributed by atoms with Gasteiger partial charge in [0.15, 0.2) is 0 Å². The first-order chi connectivity index (χ1) is 6.62. The fraction of sp³-hybridized carbons (Fsp3) is 0.400. The molecule has 0 fully saturated rings. The molecule has 0 aliphatic rings. The smallest absolute Gasteiger partial charge is 0.322 e. The molecule has 0 amide bonds. The van der Waals surface area contributed by atoms with Gasteiger partial charge in [-0.2, -0.15) is 13.2 Å². The largest absolute Gasteiger partial charge is 0.417 e. The molecule has 0 saturated heterocycles. The predicted molar refractivity (Wildman–Crippen MR) is 53.7 cm³/mol. The summed E-state index contributed by atoms with van der Waals surface area (Å²) in [4.78, 5) is 0. The molecule has 0 heterocycles. The molecule has 0 aliphatic heterocycles. The zero-order valence-electron chi connectivity index (χ0n) is 8.32. The van der Waals surface area contributed by atoms with Crippen LogP contribution in [0, 0.1) is 0 Å². The summed E-state index contributed by atoms with van der Waals surface area (Å²) in [5, 5.41) is -0.321. The van der Waals surface area contributed by atoms with Crippen LogP contribution in [0.3, 0.4) is 0 Å². The van der Waals surface area contributed by atoms with Crippen LogP contribution in [0.2, 0.25) is 5.02 Å². The van der Waals surface area contributed by atoms with Crippen molar-refractivity contribution in [1.29, 1.82) is 0 Å². The summed E-state index contributed by atoms with van der Waals surface area (Å²) in [6.45, 7) is 3.40. The van der Waals surface area contributed by atoms with Crippen LogP contribution in [0.5, 0.6) is 0 Å². The minimum absolute atomic E-state index is 0.321. The monoisotopic (exact) mass is 237 g/mol. The quantitative estimate of drug-likeness (QED) is 0.794. The lowest BCUT2D eigenvalue weighted by atomic mass is 9.95. The average Bonchev–Trinajstić information content (AvgIpc) is 1.99. The van der Waals surface area contributed by atoms with E-state index in [1.54, 1.807) is 13.8 Å². The number of rotatable bonds is 1. The van der Waals surface area contributed by atoms with E-state index in [0.29, 0.717) is 5.56 Å². The highest BCUT2D eigenvalue weighted by Crippen LogP contribution is 2.36. The first-order valence-corrected chi connectivity index (χ1v) is 4.66. The van der Waals surface area contributed by atoms with Gasteiger partial charge in [0.1, 0.15) is 0 Å². The Balaban J connectivity index is 3.21. The minimum Gasteiger partial charge on any atom is -0.322 e. The van der Waals surface area contributed by atoms with Crippen LogP contribution in [0.1, 0.15) is 25.0 Å². The Morgan fingerprint density at radius 2 is 1.73 bits per heavy atom. The Morgan fingerprint density at radius 1 is 1.20 bits per heavy atom. The van der Waals surface area contributed by atoms with Crippen molar-refractivity contribution in [3.63, 3.8) is 0 Å². The highest BCUT2D eigenvalue weighted by molar-refractivity contribution is 6.31. The Bertz CT molecular complexity index is 366. The van der Waals surface area contributed by atoms with Crippen molar-refractivity contribution in [3.05, 3.63) is 34.3 Å². The van der Waals surface area contributed by atoms with Gasteiger partial charge in [0.05, 0.1) is 10.6 Å². The van der Waals surface area contributed by atoms with E-state index in [-0.39, 0.29) is 5.02 Å². The molecule has 0 saturated carbocycles. The third kappa shape index (κ3) is 2.86. The number of halogens is 4. The molecule has 1 nitrogen and oxygen atoms in total. The maximum atomic E-state index is 12.4. The van der Waals surface area contributed by atoms with E-state index < -0.39 is 17.3 Å². The molecule has 1 aromatic carbocycles. The number of nitrogens with two attached hydrogens (primary N) is 1. The highest BCUT2D eigenvalue weighted by Gasteiger charge is 2.33. The molecule has 2 N–H and O–H groups in total. The van der Waals surface area contributed by atoms with Gasteiger partial charge in [0, 0.05) is 5.54 Å². The second kappa shape index (κ2) is 3.68. The summed E-state index contributed by atoms with van der Waals surface area (Å²) in [5.41, 5.74) is 4.78. The average molecular weight is 238 g/mol. The number of alkyl halides is 3. The van der Waals surface area contributed by atoms with Crippen LogP contribution >= 0.6 is 11.6 Å². The lowest BCUT2D eigenvalue weighted by Crippen LogP contribution is -2.28. The van der Waals surface area contributed by atoms with E-state index in [9.17, 15) is 13.2 Å². The summed E-state index contributed by atoms with van der Waals surface area (Å²) in [5.74, 6) is 0. The van der Waals surface area contributed by atoms with Crippen LogP contribution in [-0.4, -0.2) is 0 Å². The first-order valence-electron chi connectivity index (χ1n) is 4.28. The van der Waals surface area contributed by atoms with E-state index in [0.717, 1.165) is 6.07 Å². The van der Waals surface area contributed by atoms with E-state index in [1.165, 1.54) is 12.1 Å². The normalized spacial score (nSPS) is 13.0. The fourth-order valence-electron chi connectivity index (χ4n) is 1.15. The molecule has 5 heteroatoms. The van der Waals surface area contributed by atoms with Crippen molar-refractivity contribution < 1.29 is 13.2 Å². The molecule has 0 atom stereocenters. The highest BCUT2D eigenvalue weighted by atomic mass is 35.5. The summed E-state index contributed by atoms with van der Waals surface area (Å²) >= 11 is 5.54. The Labute approximate surface area is 91.0 Å². The molecule has 0 unspecified atom stereocenters. The van der Waals surface area contributed by atoms with Crippen LogP contribution < -0.4 is 5.73 Å². The molecular weight excluding hydrogens is 227 g/mol. The standard InChI is InChI=1S/C10H11ClF3N/c1-9(2,15)6-3-4-7(8(11)5-6)10(12,13)14/h3-5H,15H2,1-2H3. The van der Waals surface area contributed by atoms with Crippen molar-refractivity contribution in [2.24, 2.45) is 5.73 Å². The van der Waals surface area contributed by atoms with Crippen molar-refractivity contribution in [1.82, 2.24) is 0 Å². The van der Waals surface area contributed by atoms with Crippen molar-refractivity contribution >= 4 is 11.6 Å². The number of hydrogen-bond donors (Lipinski definition) is 1. The first kappa shape index (κ1) is 12.3. The van der Waals surface area contributed by atoms with Gasteiger partial charge in [-0.05, 0) is 31.5 Å². The summed E-state index contributed by atoms with van der Waals surface area (Å²) in [6.07, 6.45) is -4.42. The van der Waals surface area contributed by atoms with E-state index in [2.05, 4.69) is 0 Å². The molecule has 0 spiro atoms. The molecule has 0 bridgehead atoms. The van der Waals surface area contributed by atoms with Crippen LogP contribution in [0.25, 0.3) is 0 Å². The van der Waals surface area contributed by atoms with Gasteiger partial charge < -0.3 is 5.73 Å². The van der Waals surface area contributed by atoms with E-state index in [4.69, 9.17) is 17.3 Å². The molecule has 0 aliphatic carbocycles. The SMILES string of the molecule is CC(C)(N)c1ccc(C(F)(F)F)c(Cl)c1. The van der Waals surface area contributed by atoms with Gasteiger partial charge in [0.2, 0.25) is 0 Å². The topological polar surface area (TPSA) is 26.0 Å². The van der Waals surface area contributed by atoms with Gasteiger partial charge in [-0.3, -0.25) is 0 Å². The van der Waals surface area contributed by atoms with Gasteiger partial charge in [0.25, 0.3) is 0 Å². The van der Waals surface area contributed by atoms with Crippen LogP contribution in [0.15, 0.2) is 18.2 Å². The molecule has 0 radical (unpaired) electrons. The summed E-state index contributed by atoms with van der Waals surface area (Å²) < 4.78 is 37.1. The van der Waals surface area contributed by atoms with Crippen LogP contribution in [-0.2, 0) is 11.7 Å². The second-order valence-electron chi connectivity index (χ2n) is 3.91. The Morgan fingerprint density at radius 3 is 2.07 bits per heavy atom. The third-order valence-electron chi connectivity index (χ3n) is 2.02. The third-order valence-corrected chi connectivity index (χ3v) is 2.33. The van der Waals surface area contributed by atoms with Gasteiger partial charge in [-0.25, -0.2) is 0 Å². The Kier molecular flexibility index (Phi) is 3.03. The van der Waals surface area contributed by atoms with E-state index >= 15 is 0 Å². The number of benzene rings is 1. The summed E-state index contributed by atoms with van der Waals surface area (Å²) in [6, 6.07) is 3.55. The molecule has 15 heavy (non-hydrogen) atoms. The van der Waals surface area contributed by atoms with E-state index in [1.807, 2.05) is 0 Å². The molecular formula is C10H11ClF3N. The zero-order valence-corrected chi connectivity index (χ0v) is 9.08. The summed E-state index contributed by atoms with van der Waals surface area (Å²) in [7, 11) is 0. The molecule has 0 aromatic heterocycles. The van der Waals surface area contributed by atoms with Gasteiger partial charge >= 0.3 is 6.18 Å². The van der Waals surface area contributed by atoms with Crippen molar-refractivity contribution in [3.8, 4) is 0 Å². The van der Waals surface area contributed by atoms with Crippen molar-refractivity contribution in [2.75, 3.05) is 0 Å². The van der Waals surface area contributed by atoms with Crippen molar-refractivity contribution in [2.45, 2.75) is 25.6 Å². The maximum Gasteiger partial charge on any atom is 0.417 e. The predicted octanol–water partition coefficient (Wildman–Crippen LogP) is 3.55. The lowest BCUT2D eigenvalue weighted by molar-refractivity contribution is -0.137. The fourth-order valence-corrected chi connectivity index (χ4v) is 1.43. The maximum absolute atomic E-state index is 12.4. The molecule has 1 aromatic rings. The van der Waals surface area contributed by atoms with Gasteiger partial charge in [-0.1, -0.05) is 17.7 Å². The van der Waals surface area contributed by atoms with Crippen LogP contribution in [0.4, 0.5) is 13.2 Å². The Hall–Kier alpha value is -0.740. The lowest BCUT2D eigenvalue weighted by Gasteiger charge is -2.20. The minimum atomic E-state index is -4.42.